The third-order valence-corrected chi connectivity index (χ3v) is 6.48. The van der Waals surface area contributed by atoms with E-state index in [0.717, 1.165) is 53.9 Å². The van der Waals surface area contributed by atoms with Crippen LogP contribution in [0.3, 0.4) is 0 Å². The average molecular weight is 497 g/mol. The zero-order chi connectivity index (χ0) is 24.0. The minimum Gasteiger partial charge on any atom is -0.492 e. The summed E-state index contributed by atoms with van der Waals surface area (Å²) < 4.78 is 26.6. The molecule has 9 nitrogen and oxygen atoms in total. The molecule has 1 aliphatic heterocycles. The smallest absolute Gasteiger partial charge is 0.346 e. The predicted octanol–water partition coefficient (Wildman–Crippen LogP) is 4.04. The van der Waals surface area contributed by atoms with Crippen LogP contribution in [0.4, 0.5) is 20.0 Å². The number of hydrogen-bond donors (Lipinski definition) is 2. The first-order valence-electron chi connectivity index (χ1n) is 11.3. The van der Waals surface area contributed by atoms with E-state index in [-0.39, 0.29) is 5.82 Å². The summed E-state index contributed by atoms with van der Waals surface area (Å²) in [6.07, 6.45) is 1.58. The molecule has 1 fully saturated rings. The Hall–Kier alpha value is -3.54. The number of carbonyl (C=O) groups is 1. The monoisotopic (exact) mass is 496 g/mol. The fourth-order valence-corrected chi connectivity index (χ4v) is 4.53. The normalized spacial score (nSPS) is 14.2. The maximum atomic E-state index is 13.0. The SMILES string of the molecule is O=C(Nc1ccc(F)cc1)n1ccc(CNc2nc3ccc(OCCN4CCOCC4)cc3s2)n1. The second-order valence-corrected chi connectivity index (χ2v) is 9.02. The standard InChI is InChI=1S/C24H25FN6O3S/c25-17-1-3-18(4-2-17)27-24(32)31-8-7-19(29-31)16-26-23-28-21-6-5-20(15-22(21)35-23)34-14-11-30-9-12-33-13-10-30/h1-8,15H,9-14,16H2,(H,26,28)(H,27,32). The van der Waals surface area contributed by atoms with E-state index >= 15 is 0 Å². The van der Waals surface area contributed by atoms with E-state index in [4.69, 9.17) is 9.47 Å². The molecular weight excluding hydrogens is 471 g/mol. The molecule has 0 atom stereocenters. The maximum Gasteiger partial charge on any atom is 0.346 e. The Morgan fingerprint density at radius 1 is 1.14 bits per heavy atom. The van der Waals surface area contributed by atoms with Gasteiger partial charge in [-0.05, 0) is 48.5 Å². The summed E-state index contributed by atoms with van der Waals surface area (Å²) >= 11 is 1.53. The highest BCUT2D eigenvalue weighted by molar-refractivity contribution is 7.22. The molecule has 2 aromatic carbocycles. The van der Waals surface area contributed by atoms with Crippen molar-refractivity contribution in [2.45, 2.75) is 6.54 Å². The zero-order valence-electron chi connectivity index (χ0n) is 18.9. The molecule has 0 aliphatic carbocycles. The van der Waals surface area contributed by atoms with Crippen molar-refractivity contribution in [3.63, 3.8) is 0 Å². The van der Waals surface area contributed by atoms with Gasteiger partial charge in [0.2, 0.25) is 0 Å². The highest BCUT2D eigenvalue weighted by atomic mass is 32.1. The summed E-state index contributed by atoms with van der Waals surface area (Å²) in [7, 11) is 0. The third-order valence-electron chi connectivity index (χ3n) is 5.51. The lowest BCUT2D eigenvalue weighted by Crippen LogP contribution is -2.38. The highest BCUT2D eigenvalue weighted by Crippen LogP contribution is 2.29. The molecule has 1 saturated heterocycles. The van der Waals surface area contributed by atoms with E-state index < -0.39 is 6.03 Å². The van der Waals surface area contributed by atoms with Crippen molar-refractivity contribution >= 4 is 38.4 Å². The highest BCUT2D eigenvalue weighted by Gasteiger charge is 2.11. The fourth-order valence-electron chi connectivity index (χ4n) is 3.64. The summed E-state index contributed by atoms with van der Waals surface area (Å²) in [5.74, 6) is 0.463. The number of ether oxygens (including phenoxy) is 2. The number of morpholine rings is 1. The third kappa shape index (κ3) is 6.13. The summed E-state index contributed by atoms with van der Waals surface area (Å²) in [6, 6.07) is 12.8. The van der Waals surface area contributed by atoms with Gasteiger partial charge in [0.15, 0.2) is 5.13 Å². The van der Waals surface area contributed by atoms with Crippen LogP contribution in [0.5, 0.6) is 5.75 Å². The lowest BCUT2D eigenvalue weighted by molar-refractivity contribution is 0.0322. The molecular formula is C24H25FN6O3S. The molecule has 3 heterocycles. The Bertz CT molecular complexity index is 1290. The number of nitrogens with zero attached hydrogens (tertiary/aromatic N) is 4. The topological polar surface area (TPSA) is 93.5 Å². The lowest BCUT2D eigenvalue weighted by Gasteiger charge is -2.26. The average Bonchev–Trinajstić information content (AvgIpc) is 3.51. The molecule has 0 spiro atoms. The van der Waals surface area contributed by atoms with E-state index in [1.807, 2.05) is 18.2 Å². The summed E-state index contributed by atoms with van der Waals surface area (Å²) in [4.78, 5) is 19.3. The molecule has 0 bridgehead atoms. The van der Waals surface area contributed by atoms with Gasteiger partial charge in [0.1, 0.15) is 18.2 Å². The Labute approximate surface area is 205 Å². The van der Waals surface area contributed by atoms with Crippen LogP contribution in [-0.2, 0) is 11.3 Å². The molecule has 2 aromatic heterocycles. The fraction of sp³-hybridized carbons (Fsp3) is 0.292. The van der Waals surface area contributed by atoms with Gasteiger partial charge in [-0.3, -0.25) is 4.90 Å². The number of aromatic nitrogens is 3. The molecule has 1 aliphatic rings. The second-order valence-electron chi connectivity index (χ2n) is 7.99. The summed E-state index contributed by atoms with van der Waals surface area (Å²) in [6.45, 7) is 5.39. The number of carbonyl (C=O) groups excluding carboxylic acids is 1. The number of hydrogen-bond acceptors (Lipinski definition) is 8. The quantitative estimate of drug-likeness (QED) is 0.380. The Morgan fingerprint density at radius 3 is 2.80 bits per heavy atom. The number of halogens is 1. The Kier molecular flexibility index (Phi) is 7.17. The van der Waals surface area contributed by atoms with Gasteiger partial charge in [-0.25, -0.2) is 14.2 Å². The molecule has 1 amide bonds. The minimum atomic E-state index is -0.427. The number of amides is 1. The van der Waals surface area contributed by atoms with Crippen LogP contribution in [0.1, 0.15) is 5.69 Å². The molecule has 0 saturated carbocycles. The second kappa shape index (κ2) is 10.8. The lowest BCUT2D eigenvalue weighted by atomic mass is 10.3. The first-order valence-corrected chi connectivity index (χ1v) is 12.1. The van der Waals surface area contributed by atoms with Gasteiger partial charge in [0.05, 0.1) is 35.7 Å². The van der Waals surface area contributed by atoms with E-state index in [2.05, 4.69) is 25.6 Å². The van der Waals surface area contributed by atoms with Crippen LogP contribution < -0.4 is 15.4 Å². The molecule has 4 aromatic rings. The van der Waals surface area contributed by atoms with Crippen molar-refractivity contribution in [3.05, 3.63) is 66.2 Å². The number of benzene rings is 2. The van der Waals surface area contributed by atoms with Crippen LogP contribution in [0, 0.1) is 5.82 Å². The molecule has 35 heavy (non-hydrogen) atoms. The van der Waals surface area contributed by atoms with E-state index in [9.17, 15) is 9.18 Å². The van der Waals surface area contributed by atoms with E-state index in [1.54, 1.807) is 12.3 Å². The molecule has 182 valence electrons. The maximum absolute atomic E-state index is 13.0. The van der Waals surface area contributed by atoms with Crippen LogP contribution >= 0.6 is 11.3 Å². The summed E-state index contributed by atoms with van der Waals surface area (Å²) in [5.41, 5.74) is 2.07. The Balaban J connectivity index is 1.13. The van der Waals surface area contributed by atoms with Gasteiger partial charge in [-0.1, -0.05) is 11.3 Å². The molecule has 0 radical (unpaired) electrons. The van der Waals surface area contributed by atoms with Crippen molar-refractivity contribution in [2.24, 2.45) is 0 Å². The minimum absolute atomic E-state index is 0.363. The van der Waals surface area contributed by atoms with Gasteiger partial charge in [-0.15, -0.1) is 0 Å². The number of anilines is 2. The number of thiazole rings is 1. The van der Waals surface area contributed by atoms with Gasteiger partial charge < -0.3 is 20.1 Å². The first-order chi connectivity index (χ1) is 17.1. The van der Waals surface area contributed by atoms with Gasteiger partial charge >= 0.3 is 6.03 Å². The summed E-state index contributed by atoms with van der Waals surface area (Å²) in [5, 5.41) is 11.0. The zero-order valence-corrected chi connectivity index (χ0v) is 19.8. The molecule has 0 unspecified atom stereocenters. The van der Waals surface area contributed by atoms with Crippen molar-refractivity contribution in [1.29, 1.82) is 0 Å². The molecule has 5 rings (SSSR count). The van der Waals surface area contributed by atoms with Crippen molar-refractivity contribution < 1.29 is 18.7 Å². The van der Waals surface area contributed by atoms with E-state index in [0.29, 0.717) is 24.5 Å². The van der Waals surface area contributed by atoms with Crippen LogP contribution in [0.15, 0.2) is 54.7 Å². The predicted molar refractivity (Wildman–Crippen MR) is 133 cm³/mol. The van der Waals surface area contributed by atoms with Gasteiger partial charge in [0.25, 0.3) is 0 Å². The number of nitrogens with one attached hydrogen (secondary N) is 2. The molecule has 2 N–H and O–H groups in total. The van der Waals surface area contributed by atoms with Crippen LogP contribution in [0.25, 0.3) is 10.2 Å². The van der Waals surface area contributed by atoms with Gasteiger partial charge in [0, 0.05) is 31.5 Å². The van der Waals surface area contributed by atoms with Gasteiger partial charge in [-0.2, -0.15) is 9.78 Å². The van der Waals surface area contributed by atoms with Crippen molar-refractivity contribution in [2.75, 3.05) is 50.1 Å². The van der Waals surface area contributed by atoms with E-state index in [1.165, 1.54) is 40.3 Å². The van der Waals surface area contributed by atoms with Crippen LogP contribution in [0.2, 0.25) is 0 Å². The largest absolute Gasteiger partial charge is 0.492 e. The number of rotatable bonds is 8. The van der Waals surface area contributed by atoms with Crippen LogP contribution in [-0.4, -0.2) is 65.2 Å². The Morgan fingerprint density at radius 2 is 1.97 bits per heavy atom. The van der Waals surface area contributed by atoms with Crippen molar-refractivity contribution in [3.8, 4) is 5.75 Å². The number of fused-ring (bicyclic) bond motifs is 1. The van der Waals surface area contributed by atoms with Crippen molar-refractivity contribution in [1.82, 2.24) is 19.7 Å². The first kappa shape index (κ1) is 23.2. The molecule has 11 heteroatoms.